The molecule has 0 atom stereocenters. The Morgan fingerprint density at radius 1 is 0.676 bits per heavy atom. The third-order valence-electron chi connectivity index (χ3n) is 5.01. The van der Waals surface area contributed by atoms with Crippen LogP contribution in [0.4, 0.5) is 0 Å². The van der Waals surface area contributed by atoms with Gasteiger partial charge in [-0.1, -0.05) is 48.5 Å². The van der Waals surface area contributed by atoms with E-state index in [1.54, 1.807) is 26.4 Å². The van der Waals surface area contributed by atoms with E-state index in [0.29, 0.717) is 13.1 Å². The summed E-state index contributed by atoms with van der Waals surface area (Å²) in [6, 6.07) is 22.6. The molecule has 6 nitrogen and oxygen atoms in total. The first-order valence-electron chi connectivity index (χ1n) is 10.8. The molecular weight excluding hydrogens is 428 g/mol. The number of methoxy groups -OCH3 is 2. The van der Waals surface area contributed by atoms with Crippen LogP contribution in [0.3, 0.4) is 0 Å². The summed E-state index contributed by atoms with van der Waals surface area (Å²) in [5, 5.41) is 5.75. The molecule has 34 heavy (non-hydrogen) atoms. The smallest absolute Gasteiger partial charge is 0.244 e. The average Bonchev–Trinajstić information content (AvgIpc) is 2.89. The van der Waals surface area contributed by atoms with E-state index < -0.39 is 0 Å². The van der Waals surface area contributed by atoms with Gasteiger partial charge in [-0.15, -0.1) is 0 Å². The maximum atomic E-state index is 12.1. The minimum absolute atomic E-state index is 0.182. The molecule has 3 rings (SSSR count). The molecule has 3 aromatic carbocycles. The zero-order valence-corrected chi connectivity index (χ0v) is 19.3. The highest BCUT2D eigenvalue weighted by Gasteiger charge is 2.01. The number of benzene rings is 3. The van der Waals surface area contributed by atoms with Crippen LogP contribution in [0.25, 0.3) is 12.2 Å². The van der Waals surface area contributed by atoms with Gasteiger partial charge in [0.25, 0.3) is 0 Å². The molecule has 0 bridgehead atoms. The van der Waals surface area contributed by atoms with Crippen molar-refractivity contribution in [1.82, 2.24) is 10.6 Å². The summed E-state index contributed by atoms with van der Waals surface area (Å²) >= 11 is 0. The molecule has 0 radical (unpaired) electrons. The second kappa shape index (κ2) is 12.6. The number of rotatable bonds is 10. The zero-order chi connectivity index (χ0) is 24.2. The molecule has 0 spiro atoms. The maximum Gasteiger partial charge on any atom is 0.244 e. The Morgan fingerprint density at radius 3 is 1.47 bits per heavy atom. The van der Waals surface area contributed by atoms with E-state index in [2.05, 4.69) is 10.6 Å². The van der Waals surface area contributed by atoms with Gasteiger partial charge >= 0.3 is 0 Å². The van der Waals surface area contributed by atoms with Crippen molar-refractivity contribution in [2.75, 3.05) is 14.2 Å². The van der Waals surface area contributed by atoms with Gasteiger partial charge in [0, 0.05) is 25.2 Å². The predicted molar refractivity (Wildman–Crippen MR) is 134 cm³/mol. The van der Waals surface area contributed by atoms with Gasteiger partial charge in [-0.3, -0.25) is 9.59 Å². The molecule has 0 saturated heterocycles. The van der Waals surface area contributed by atoms with Crippen LogP contribution in [-0.2, 0) is 22.7 Å². The van der Waals surface area contributed by atoms with Gasteiger partial charge in [0.05, 0.1) is 14.2 Å². The van der Waals surface area contributed by atoms with Gasteiger partial charge < -0.3 is 20.1 Å². The SMILES string of the molecule is COc1ccc(/C=C\C(=O)NCc2cccc(CNC(=O)/C=C/c3ccc(OC)cc3)c2)cc1. The van der Waals surface area contributed by atoms with Crippen LogP contribution in [0.1, 0.15) is 22.3 Å². The summed E-state index contributed by atoms with van der Waals surface area (Å²) in [6.45, 7) is 0.788. The molecule has 0 aliphatic rings. The maximum absolute atomic E-state index is 12.1. The van der Waals surface area contributed by atoms with Crippen molar-refractivity contribution in [3.8, 4) is 11.5 Å². The van der Waals surface area contributed by atoms with Gasteiger partial charge in [0.2, 0.25) is 11.8 Å². The van der Waals surface area contributed by atoms with Crippen LogP contribution in [0.2, 0.25) is 0 Å². The van der Waals surface area contributed by atoms with Crippen LogP contribution >= 0.6 is 0 Å². The molecule has 2 amide bonds. The molecule has 0 aliphatic carbocycles. The Hall–Kier alpha value is -4.32. The quantitative estimate of drug-likeness (QED) is 0.445. The number of amides is 2. The van der Waals surface area contributed by atoms with E-state index in [0.717, 1.165) is 33.8 Å². The molecule has 2 N–H and O–H groups in total. The van der Waals surface area contributed by atoms with Crippen LogP contribution in [0.5, 0.6) is 11.5 Å². The largest absolute Gasteiger partial charge is 0.497 e. The third kappa shape index (κ3) is 7.98. The highest BCUT2D eigenvalue weighted by Crippen LogP contribution is 2.13. The van der Waals surface area contributed by atoms with E-state index in [4.69, 9.17) is 9.47 Å². The number of carbonyl (C=O) groups is 2. The van der Waals surface area contributed by atoms with Gasteiger partial charge in [-0.05, 0) is 58.7 Å². The van der Waals surface area contributed by atoms with Crippen molar-refractivity contribution < 1.29 is 19.1 Å². The summed E-state index contributed by atoms with van der Waals surface area (Å²) < 4.78 is 10.3. The Bertz CT molecular complexity index is 1060. The fourth-order valence-corrected chi connectivity index (χ4v) is 3.12. The van der Waals surface area contributed by atoms with E-state index >= 15 is 0 Å². The van der Waals surface area contributed by atoms with E-state index in [1.807, 2.05) is 72.8 Å². The summed E-state index contributed by atoms with van der Waals surface area (Å²) in [6.07, 6.45) is 6.50. The van der Waals surface area contributed by atoms with Crippen molar-refractivity contribution in [1.29, 1.82) is 0 Å². The Labute approximate surface area is 199 Å². The summed E-state index contributed by atoms with van der Waals surface area (Å²) in [5.74, 6) is 1.17. The van der Waals surface area contributed by atoms with Crippen LogP contribution < -0.4 is 20.1 Å². The van der Waals surface area contributed by atoms with Gasteiger partial charge in [-0.25, -0.2) is 0 Å². The lowest BCUT2D eigenvalue weighted by atomic mass is 10.1. The van der Waals surface area contributed by atoms with Crippen molar-refractivity contribution in [3.63, 3.8) is 0 Å². The summed E-state index contributed by atoms with van der Waals surface area (Å²) in [7, 11) is 3.23. The average molecular weight is 457 g/mol. The zero-order valence-electron chi connectivity index (χ0n) is 19.3. The molecule has 6 heteroatoms. The predicted octanol–water partition coefficient (Wildman–Crippen LogP) is 4.36. The molecule has 0 saturated carbocycles. The minimum Gasteiger partial charge on any atom is -0.497 e. The highest BCUT2D eigenvalue weighted by atomic mass is 16.5. The number of hydrogen-bond donors (Lipinski definition) is 2. The molecule has 0 heterocycles. The Morgan fingerprint density at radius 2 is 1.09 bits per heavy atom. The monoisotopic (exact) mass is 456 g/mol. The first kappa shape index (κ1) is 24.3. The molecule has 3 aromatic rings. The number of nitrogens with one attached hydrogen (secondary N) is 2. The molecule has 0 aliphatic heterocycles. The molecule has 174 valence electrons. The fraction of sp³-hybridized carbons (Fsp3) is 0.143. The Kier molecular flexibility index (Phi) is 9.05. The van der Waals surface area contributed by atoms with Gasteiger partial charge in [-0.2, -0.15) is 0 Å². The van der Waals surface area contributed by atoms with E-state index in [1.165, 1.54) is 12.2 Å². The molecular formula is C28H28N2O4. The molecule has 0 fully saturated rings. The second-order valence-electron chi connectivity index (χ2n) is 7.47. The second-order valence-corrected chi connectivity index (χ2v) is 7.47. The van der Waals surface area contributed by atoms with Crippen molar-refractivity contribution >= 4 is 24.0 Å². The van der Waals surface area contributed by atoms with Crippen LogP contribution in [-0.4, -0.2) is 26.0 Å². The van der Waals surface area contributed by atoms with Crippen molar-refractivity contribution in [2.45, 2.75) is 13.1 Å². The standard InChI is InChI=1S/C28H28N2O4/c1-33-25-12-6-21(7-13-25)10-16-27(31)29-19-23-4-3-5-24(18-23)20-30-28(32)17-11-22-8-14-26(34-2)15-9-22/h3-18H,19-20H2,1-2H3,(H,29,31)(H,30,32)/b16-10-,17-11+. The van der Waals surface area contributed by atoms with Gasteiger partial charge in [0.1, 0.15) is 11.5 Å². The van der Waals surface area contributed by atoms with Crippen LogP contribution in [0, 0.1) is 0 Å². The highest BCUT2D eigenvalue weighted by molar-refractivity contribution is 5.92. The molecule has 0 unspecified atom stereocenters. The topological polar surface area (TPSA) is 76.7 Å². The van der Waals surface area contributed by atoms with Crippen molar-refractivity contribution in [3.05, 3.63) is 107 Å². The minimum atomic E-state index is -0.182. The summed E-state index contributed by atoms with van der Waals surface area (Å²) in [5.41, 5.74) is 3.72. The Balaban J connectivity index is 1.45. The fourth-order valence-electron chi connectivity index (χ4n) is 3.12. The lowest BCUT2D eigenvalue weighted by Gasteiger charge is -2.07. The number of carbonyl (C=O) groups excluding carboxylic acids is 2. The van der Waals surface area contributed by atoms with E-state index in [9.17, 15) is 9.59 Å². The number of hydrogen-bond acceptors (Lipinski definition) is 4. The third-order valence-corrected chi connectivity index (χ3v) is 5.01. The normalized spacial score (nSPS) is 10.9. The lowest BCUT2D eigenvalue weighted by Crippen LogP contribution is -2.21. The number of ether oxygens (including phenoxy) is 2. The van der Waals surface area contributed by atoms with Crippen LogP contribution in [0.15, 0.2) is 84.9 Å². The van der Waals surface area contributed by atoms with Crippen molar-refractivity contribution in [2.24, 2.45) is 0 Å². The lowest BCUT2D eigenvalue weighted by molar-refractivity contribution is -0.117. The first-order valence-corrected chi connectivity index (χ1v) is 10.8. The molecule has 0 aromatic heterocycles. The summed E-state index contributed by atoms with van der Waals surface area (Å²) in [4.78, 5) is 24.3. The van der Waals surface area contributed by atoms with E-state index in [-0.39, 0.29) is 11.8 Å². The first-order chi connectivity index (χ1) is 16.6. The van der Waals surface area contributed by atoms with Gasteiger partial charge in [0.15, 0.2) is 0 Å².